The van der Waals surface area contributed by atoms with E-state index in [-0.39, 0.29) is 40.8 Å². The summed E-state index contributed by atoms with van der Waals surface area (Å²) in [6.45, 7) is 13.4. The SMILES string of the molecule is CCC[C@]1(C)C[C@@H](OC(=O)NC(=O)[C@H]2CN3CC[C@H]2C3)[C@@]2(C)C3C(=O)CCC3(CC[C@H]2C)[C@@H](C)[C@@H]1O. The molecule has 36 heavy (non-hydrogen) atoms. The number of nitrogens with zero attached hydrogens (tertiary/aromatic N) is 1. The van der Waals surface area contributed by atoms with Gasteiger partial charge in [-0.25, -0.2) is 4.79 Å². The summed E-state index contributed by atoms with van der Waals surface area (Å²) in [5.41, 5.74) is -1.24. The van der Waals surface area contributed by atoms with Crippen molar-refractivity contribution >= 4 is 17.8 Å². The van der Waals surface area contributed by atoms with E-state index in [1.54, 1.807) is 0 Å². The Bertz CT molecular complexity index is 923. The summed E-state index contributed by atoms with van der Waals surface area (Å²) >= 11 is 0. The van der Waals surface area contributed by atoms with Crippen LogP contribution in [-0.2, 0) is 14.3 Å². The number of aliphatic hydroxyl groups excluding tert-OH is 1. The van der Waals surface area contributed by atoms with Crippen LogP contribution in [0.2, 0.25) is 0 Å². The second-order valence-corrected chi connectivity index (χ2v) is 13.6. The molecular formula is C29H46N2O5. The average molecular weight is 503 g/mol. The van der Waals surface area contributed by atoms with Gasteiger partial charge in [-0.2, -0.15) is 0 Å². The normalized spacial score (nSPS) is 49.8. The molecule has 2 heterocycles. The maximum Gasteiger partial charge on any atom is 0.414 e. The zero-order valence-corrected chi connectivity index (χ0v) is 22.8. The van der Waals surface area contributed by atoms with Crippen molar-refractivity contribution in [3.05, 3.63) is 0 Å². The number of ketones is 1. The van der Waals surface area contributed by atoms with Gasteiger partial charge in [0.1, 0.15) is 11.9 Å². The highest BCUT2D eigenvalue weighted by Gasteiger charge is 2.68. The molecule has 5 aliphatic rings. The minimum absolute atomic E-state index is 0.00136. The first-order valence-corrected chi connectivity index (χ1v) is 14.4. The molecule has 3 unspecified atom stereocenters. The van der Waals surface area contributed by atoms with E-state index in [0.29, 0.717) is 25.3 Å². The Balaban J connectivity index is 1.46. The van der Waals surface area contributed by atoms with E-state index < -0.39 is 29.1 Å². The number of alkyl carbamates (subject to hydrolysis) is 1. The van der Waals surface area contributed by atoms with Crippen LogP contribution in [0.25, 0.3) is 0 Å². The predicted octanol–water partition coefficient (Wildman–Crippen LogP) is 4.17. The molecule has 0 spiro atoms. The van der Waals surface area contributed by atoms with Crippen molar-refractivity contribution in [3.63, 3.8) is 0 Å². The highest BCUT2D eigenvalue weighted by Crippen LogP contribution is 2.68. The molecule has 2 aliphatic heterocycles. The molecule has 7 heteroatoms. The summed E-state index contributed by atoms with van der Waals surface area (Å²) < 4.78 is 6.23. The number of amides is 2. The molecular weight excluding hydrogens is 456 g/mol. The smallest absolute Gasteiger partial charge is 0.414 e. The van der Waals surface area contributed by atoms with Crippen LogP contribution in [0, 0.1) is 45.8 Å². The molecule has 2 saturated heterocycles. The van der Waals surface area contributed by atoms with Crippen LogP contribution in [0.15, 0.2) is 0 Å². The first-order valence-electron chi connectivity index (χ1n) is 14.4. The third kappa shape index (κ3) is 3.78. The summed E-state index contributed by atoms with van der Waals surface area (Å²) in [7, 11) is 0. The van der Waals surface area contributed by atoms with Gasteiger partial charge in [0.2, 0.25) is 5.91 Å². The van der Waals surface area contributed by atoms with Gasteiger partial charge in [-0.1, -0.05) is 41.0 Å². The Labute approximate surface area is 216 Å². The predicted molar refractivity (Wildman–Crippen MR) is 136 cm³/mol. The van der Waals surface area contributed by atoms with Crippen molar-refractivity contribution in [3.8, 4) is 0 Å². The summed E-state index contributed by atoms with van der Waals surface area (Å²) in [6, 6.07) is 0. The van der Waals surface area contributed by atoms with Gasteiger partial charge in [0.25, 0.3) is 0 Å². The van der Waals surface area contributed by atoms with Crippen LogP contribution in [0.3, 0.4) is 0 Å². The molecule has 3 saturated carbocycles. The first-order chi connectivity index (χ1) is 17.0. The first kappa shape index (κ1) is 26.1. The Morgan fingerprint density at radius 2 is 1.92 bits per heavy atom. The van der Waals surface area contributed by atoms with E-state index in [4.69, 9.17) is 4.74 Å². The van der Waals surface area contributed by atoms with Gasteiger partial charge in [0, 0.05) is 30.8 Å². The lowest BCUT2D eigenvalue weighted by Crippen LogP contribution is -2.63. The summed E-state index contributed by atoms with van der Waals surface area (Å²) in [5.74, 6) is 0.122. The summed E-state index contributed by atoms with van der Waals surface area (Å²) in [5, 5.41) is 14.4. The number of nitrogens with one attached hydrogen (secondary N) is 1. The van der Waals surface area contributed by atoms with E-state index in [0.717, 1.165) is 51.6 Å². The number of carbonyl (C=O) groups excluding carboxylic acids is 3. The van der Waals surface area contributed by atoms with Crippen LogP contribution in [0.5, 0.6) is 0 Å². The molecule has 7 nitrogen and oxygen atoms in total. The lowest BCUT2D eigenvalue weighted by molar-refractivity contribution is -0.199. The Morgan fingerprint density at radius 3 is 2.56 bits per heavy atom. The van der Waals surface area contributed by atoms with E-state index in [2.05, 4.69) is 44.8 Å². The van der Waals surface area contributed by atoms with E-state index in [1.165, 1.54) is 0 Å². The zero-order valence-electron chi connectivity index (χ0n) is 22.8. The maximum absolute atomic E-state index is 13.5. The van der Waals surface area contributed by atoms with E-state index >= 15 is 0 Å². The van der Waals surface area contributed by atoms with Crippen LogP contribution in [0.4, 0.5) is 4.79 Å². The Hall–Kier alpha value is -1.47. The summed E-state index contributed by atoms with van der Waals surface area (Å²) in [4.78, 5) is 42.1. The number of carbonyl (C=O) groups is 3. The number of Topliss-reactive ketones (excluding diaryl/α,β-unsaturated/α-hetero) is 1. The number of ether oxygens (including phenoxy) is 1. The Morgan fingerprint density at radius 1 is 1.17 bits per heavy atom. The van der Waals surface area contributed by atoms with Crippen molar-refractivity contribution in [2.45, 2.75) is 98.2 Å². The topological polar surface area (TPSA) is 95.9 Å². The quantitative estimate of drug-likeness (QED) is 0.599. The lowest BCUT2D eigenvalue weighted by Gasteiger charge is -2.62. The fourth-order valence-corrected chi connectivity index (χ4v) is 9.61. The number of hydrogen-bond acceptors (Lipinski definition) is 6. The number of rotatable bonds is 4. The van der Waals surface area contributed by atoms with Crippen molar-refractivity contribution in [1.82, 2.24) is 10.2 Å². The molecule has 3 aliphatic carbocycles. The van der Waals surface area contributed by atoms with Crippen molar-refractivity contribution < 1.29 is 24.2 Å². The number of fused-ring (bicyclic) bond motifs is 2. The molecule has 0 aromatic carbocycles. The summed E-state index contributed by atoms with van der Waals surface area (Å²) in [6.07, 6.45) is 4.62. The molecule has 0 radical (unpaired) electrons. The molecule has 0 aromatic rings. The molecule has 4 bridgehead atoms. The number of aliphatic hydroxyl groups is 1. The standard InChI is InChI=1S/C29H46N2O5/c1-6-10-27(4)14-22(36-26(35)30-25(34)20-16-31-13-9-19(20)15-31)28(5)17(2)7-11-29(18(3)24(27)33)12-8-21(32)23(28)29/h17-20,22-24,33H,6-16H2,1-5H3,(H,30,34,35)/t17-,18+,19+,20+,22-,23?,24+,27-,28+,29?/m1/s1. The van der Waals surface area contributed by atoms with E-state index in [1.807, 2.05) is 0 Å². The van der Waals surface area contributed by atoms with Crippen LogP contribution in [-0.4, -0.2) is 59.6 Å². The van der Waals surface area contributed by atoms with Gasteiger partial charge in [-0.15, -0.1) is 0 Å². The van der Waals surface area contributed by atoms with Crippen LogP contribution >= 0.6 is 0 Å². The number of piperidine rings is 1. The van der Waals surface area contributed by atoms with Crippen molar-refractivity contribution in [2.24, 2.45) is 45.8 Å². The highest BCUT2D eigenvalue weighted by atomic mass is 16.6. The maximum atomic E-state index is 13.5. The van der Waals surface area contributed by atoms with Crippen molar-refractivity contribution in [1.29, 1.82) is 0 Å². The number of imide groups is 1. The molecule has 0 aromatic heterocycles. The van der Waals surface area contributed by atoms with Gasteiger partial charge in [-0.05, 0) is 73.7 Å². The fraction of sp³-hybridized carbons (Fsp3) is 0.897. The number of hydrogen-bond donors (Lipinski definition) is 2. The fourth-order valence-electron chi connectivity index (χ4n) is 9.61. The lowest BCUT2D eigenvalue weighted by atomic mass is 9.43. The second kappa shape index (κ2) is 9.07. The largest absolute Gasteiger partial charge is 0.445 e. The van der Waals surface area contributed by atoms with Crippen molar-refractivity contribution in [2.75, 3.05) is 19.6 Å². The minimum atomic E-state index is -0.695. The molecule has 11 atom stereocenters. The van der Waals surface area contributed by atoms with Gasteiger partial charge in [0.15, 0.2) is 0 Å². The van der Waals surface area contributed by atoms with Crippen LogP contribution in [0.1, 0.15) is 86.0 Å². The highest BCUT2D eigenvalue weighted by molar-refractivity contribution is 5.93. The van der Waals surface area contributed by atoms with Gasteiger partial charge in [-0.3, -0.25) is 14.9 Å². The molecule has 5 fully saturated rings. The molecule has 202 valence electrons. The van der Waals surface area contributed by atoms with Gasteiger partial charge < -0.3 is 14.7 Å². The zero-order chi connectivity index (χ0) is 26.0. The van der Waals surface area contributed by atoms with Gasteiger partial charge in [0.05, 0.1) is 12.0 Å². The molecule has 2 N–H and O–H groups in total. The van der Waals surface area contributed by atoms with Crippen LogP contribution < -0.4 is 5.32 Å². The second-order valence-electron chi connectivity index (χ2n) is 13.6. The molecule has 2 amide bonds. The van der Waals surface area contributed by atoms with E-state index in [9.17, 15) is 19.5 Å². The third-order valence-corrected chi connectivity index (χ3v) is 11.9. The monoisotopic (exact) mass is 502 g/mol. The third-order valence-electron chi connectivity index (χ3n) is 11.9. The average Bonchev–Trinajstić information content (AvgIpc) is 3.55. The minimum Gasteiger partial charge on any atom is -0.445 e. The molecule has 5 rings (SSSR count). The van der Waals surface area contributed by atoms with Gasteiger partial charge >= 0.3 is 6.09 Å². The Kier molecular flexibility index (Phi) is 6.59.